The fourth-order valence-corrected chi connectivity index (χ4v) is 1.41. The molecule has 0 saturated heterocycles. The summed E-state index contributed by atoms with van der Waals surface area (Å²) in [5, 5.41) is 16.3. The Balaban J connectivity index is 0.000000567. The molecule has 112 valence electrons. The van der Waals surface area contributed by atoms with Crippen LogP contribution in [-0.4, -0.2) is 37.2 Å². The van der Waals surface area contributed by atoms with Crippen LogP contribution in [0.4, 0.5) is 4.39 Å². The second kappa shape index (κ2) is 9.28. The number of carboxylic acid groups (broad SMARTS) is 2. The molecule has 0 aromatic heterocycles. The van der Waals surface area contributed by atoms with Crippen LogP contribution >= 0.6 is 0 Å². The minimum Gasteiger partial charge on any atom is -0.539 e. The summed E-state index contributed by atoms with van der Waals surface area (Å²) >= 11 is 0. The summed E-state index contributed by atoms with van der Waals surface area (Å²) in [6.07, 6.45) is 5.21. The van der Waals surface area contributed by atoms with Crippen molar-refractivity contribution in [3.63, 3.8) is 0 Å². The lowest BCUT2D eigenvalue weighted by atomic mass is 10.1. The SMILES string of the molecule is C#CC[NH+](C)CC(=C)c1cccc(F)c1.O=C([O-])C(=O)O. The maximum Gasteiger partial charge on any atom is 0.351 e. The average molecular weight is 293 g/mol. The third kappa shape index (κ3) is 8.18. The Morgan fingerprint density at radius 2 is 2.10 bits per heavy atom. The van der Waals surface area contributed by atoms with Crippen molar-refractivity contribution in [2.45, 2.75) is 0 Å². The van der Waals surface area contributed by atoms with Crippen LogP contribution in [0.25, 0.3) is 5.57 Å². The van der Waals surface area contributed by atoms with E-state index < -0.39 is 11.9 Å². The van der Waals surface area contributed by atoms with Crippen LogP contribution in [0.5, 0.6) is 0 Å². The summed E-state index contributed by atoms with van der Waals surface area (Å²) in [6.45, 7) is 5.31. The lowest BCUT2D eigenvalue weighted by Gasteiger charge is -2.12. The van der Waals surface area contributed by atoms with E-state index in [2.05, 4.69) is 12.5 Å². The molecule has 0 amide bonds. The van der Waals surface area contributed by atoms with E-state index in [0.29, 0.717) is 6.54 Å². The minimum absolute atomic E-state index is 0.233. The summed E-state index contributed by atoms with van der Waals surface area (Å²) in [5.41, 5.74) is 1.74. The predicted octanol–water partition coefficient (Wildman–Crippen LogP) is -1.19. The molecule has 0 aliphatic rings. The van der Waals surface area contributed by atoms with Crippen molar-refractivity contribution in [2.75, 3.05) is 20.1 Å². The Morgan fingerprint density at radius 3 is 2.52 bits per heavy atom. The maximum absolute atomic E-state index is 12.9. The highest BCUT2D eigenvalue weighted by Gasteiger charge is 2.05. The summed E-state index contributed by atoms with van der Waals surface area (Å²) in [4.78, 5) is 19.2. The molecule has 1 unspecified atom stereocenters. The summed E-state index contributed by atoms with van der Waals surface area (Å²) < 4.78 is 12.9. The molecule has 6 heteroatoms. The Morgan fingerprint density at radius 1 is 1.52 bits per heavy atom. The van der Waals surface area contributed by atoms with Gasteiger partial charge in [-0.3, -0.25) is 0 Å². The van der Waals surface area contributed by atoms with E-state index in [4.69, 9.17) is 26.2 Å². The fourth-order valence-electron chi connectivity index (χ4n) is 1.41. The standard InChI is InChI=1S/C13H14FN.C2H2O4/c1-4-8-15(3)10-11(2)12-6-5-7-13(14)9-12;3-1(4)2(5)6/h1,5-7,9H,2,8,10H2,3H3;(H,3,4)(H,5,6). The highest BCUT2D eigenvalue weighted by Crippen LogP contribution is 2.11. The number of rotatable bonds is 4. The van der Waals surface area contributed by atoms with Gasteiger partial charge in [-0.05, 0) is 23.6 Å². The molecule has 1 aromatic rings. The van der Waals surface area contributed by atoms with Crippen molar-refractivity contribution >= 4 is 17.5 Å². The van der Waals surface area contributed by atoms with Crippen LogP contribution < -0.4 is 10.0 Å². The molecule has 0 radical (unpaired) electrons. The van der Waals surface area contributed by atoms with E-state index in [-0.39, 0.29) is 5.82 Å². The Kier molecular flexibility index (Phi) is 8.11. The van der Waals surface area contributed by atoms with Crippen molar-refractivity contribution in [2.24, 2.45) is 0 Å². The van der Waals surface area contributed by atoms with Gasteiger partial charge in [-0.1, -0.05) is 18.7 Å². The number of carbonyl (C=O) groups is 2. The Labute approximate surface area is 122 Å². The van der Waals surface area contributed by atoms with E-state index in [1.165, 1.54) is 17.0 Å². The lowest BCUT2D eigenvalue weighted by Crippen LogP contribution is -3.08. The monoisotopic (exact) mass is 293 g/mol. The topological polar surface area (TPSA) is 81.9 Å². The van der Waals surface area contributed by atoms with Gasteiger partial charge >= 0.3 is 5.97 Å². The Hall–Kier alpha value is -2.65. The number of carboxylic acids is 2. The number of benzene rings is 1. The van der Waals surface area contributed by atoms with Crippen LogP contribution in [0.3, 0.4) is 0 Å². The molecular formula is C15H16FNO4. The number of terminal acetylenes is 1. The van der Waals surface area contributed by atoms with E-state index >= 15 is 0 Å². The number of aliphatic carboxylic acids is 2. The zero-order valence-corrected chi connectivity index (χ0v) is 11.6. The second-order valence-corrected chi connectivity index (χ2v) is 4.22. The first-order chi connectivity index (χ1) is 9.77. The third-order valence-corrected chi connectivity index (χ3v) is 2.33. The van der Waals surface area contributed by atoms with E-state index in [1.807, 2.05) is 13.1 Å². The number of hydrogen-bond donors (Lipinski definition) is 2. The number of halogens is 1. The first-order valence-corrected chi connectivity index (χ1v) is 5.90. The summed E-state index contributed by atoms with van der Waals surface area (Å²) in [6, 6.07) is 6.46. The van der Waals surface area contributed by atoms with Gasteiger partial charge in [0.25, 0.3) is 0 Å². The van der Waals surface area contributed by atoms with Crippen molar-refractivity contribution in [3.05, 3.63) is 42.2 Å². The summed E-state index contributed by atoms with van der Waals surface area (Å²) in [7, 11) is 1.99. The van der Waals surface area contributed by atoms with Gasteiger partial charge in [-0.2, -0.15) is 0 Å². The largest absolute Gasteiger partial charge is 0.539 e. The van der Waals surface area contributed by atoms with Gasteiger partial charge in [-0.15, -0.1) is 6.42 Å². The minimum atomic E-state index is -2.07. The van der Waals surface area contributed by atoms with E-state index in [1.54, 1.807) is 6.07 Å². The first kappa shape index (κ1) is 18.4. The predicted molar refractivity (Wildman–Crippen MR) is 73.5 cm³/mol. The molecule has 1 atom stereocenters. The average Bonchev–Trinajstić information content (AvgIpc) is 2.39. The second-order valence-electron chi connectivity index (χ2n) is 4.22. The van der Waals surface area contributed by atoms with Crippen LogP contribution in [0.2, 0.25) is 0 Å². The molecule has 0 aliphatic heterocycles. The first-order valence-electron chi connectivity index (χ1n) is 5.90. The molecule has 1 aromatic carbocycles. The van der Waals surface area contributed by atoms with Gasteiger partial charge in [0.05, 0.1) is 7.05 Å². The van der Waals surface area contributed by atoms with E-state index in [0.717, 1.165) is 17.7 Å². The molecule has 21 heavy (non-hydrogen) atoms. The molecule has 0 fully saturated rings. The fraction of sp³-hybridized carbons (Fsp3) is 0.200. The zero-order valence-electron chi connectivity index (χ0n) is 11.6. The van der Waals surface area contributed by atoms with Gasteiger partial charge in [0.1, 0.15) is 18.9 Å². The Bertz CT molecular complexity index is 551. The van der Waals surface area contributed by atoms with Gasteiger partial charge in [0.2, 0.25) is 0 Å². The normalized spacial score (nSPS) is 10.5. The molecule has 2 N–H and O–H groups in total. The smallest absolute Gasteiger partial charge is 0.351 e. The van der Waals surface area contributed by atoms with Crippen LogP contribution in [0.1, 0.15) is 5.56 Å². The number of likely N-dealkylation sites (N-methyl/N-ethyl adjacent to an activating group) is 1. The van der Waals surface area contributed by atoms with Crippen molar-refractivity contribution in [1.82, 2.24) is 0 Å². The van der Waals surface area contributed by atoms with Crippen molar-refractivity contribution in [1.29, 1.82) is 0 Å². The molecule has 5 nitrogen and oxygen atoms in total. The molecule has 0 heterocycles. The highest BCUT2D eigenvalue weighted by molar-refractivity contribution is 6.26. The zero-order chi connectivity index (χ0) is 16.4. The van der Waals surface area contributed by atoms with Gasteiger partial charge in [0.15, 0.2) is 5.97 Å². The van der Waals surface area contributed by atoms with Gasteiger partial charge in [0, 0.05) is 5.57 Å². The quantitative estimate of drug-likeness (QED) is 0.540. The summed E-state index contributed by atoms with van der Waals surface area (Å²) in [5.74, 6) is -1.66. The number of quaternary nitrogens is 1. The van der Waals surface area contributed by atoms with Crippen LogP contribution in [0, 0.1) is 18.2 Å². The number of nitrogens with one attached hydrogen (secondary N) is 1. The molecule has 1 rings (SSSR count). The molecule has 0 aliphatic carbocycles. The van der Waals surface area contributed by atoms with Crippen LogP contribution in [0.15, 0.2) is 30.8 Å². The number of carbonyl (C=O) groups excluding carboxylic acids is 1. The van der Waals surface area contributed by atoms with E-state index in [9.17, 15) is 4.39 Å². The van der Waals surface area contributed by atoms with Gasteiger partial charge < -0.3 is 19.9 Å². The number of hydrogen-bond acceptors (Lipinski definition) is 3. The highest BCUT2D eigenvalue weighted by atomic mass is 19.1. The molecular weight excluding hydrogens is 277 g/mol. The molecule has 0 spiro atoms. The maximum atomic E-state index is 12.9. The van der Waals surface area contributed by atoms with Gasteiger partial charge in [-0.25, -0.2) is 9.18 Å². The molecule has 0 bridgehead atoms. The molecule has 0 saturated carbocycles. The van der Waals surface area contributed by atoms with Crippen molar-refractivity contribution in [3.8, 4) is 12.3 Å². The van der Waals surface area contributed by atoms with Crippen LogP contribution in [-0.2, 0) is 9.59 Å². The lowest BCUT2D eigenvalue weighted by molar-refractivity contribution is -0.863. The van der Waals surface area contributed by atoms with Crippen molar-refractivity contribution < 1.29 is 29.1 Å². The third-order valence-electron chi connectivity index (χ3n) is 2.33.